The summed E-state index contributed by atoms with van der Waals surface area (Å²) in [7, 11) is 0. The fourth-order valence-electron chi connectivity index (χ4n) is 4.11. The number of rotatable bonds is 4. The molecule has 1 aliphatic heterocycles. The molecule has 0 amide bonds. The fourth-order valence-corrected chi connectivity index (χ4v) is 4.11. The van der Waals surface area contributed by atoms with Crippen LogP contribution in [-0.2, 0) is 0 Å². The van der Waals surface area contributed by atoms with Crippen molar-refractivity contribution in [1.82, 2.24) is 19.7 Å². The van der Waals surface area contributed by atoms with Gasteiger partial charge in [0.25, 0.3) is 0 Å². The second-order valence-corrected chi connectivity index (χ2v) is 6.99. The second kappa shape index (κ2) is 6.46. The molecule has 5 rings (SSSR count). The van der Waals surface area contributed by atoms with E-state index in [0.717, 1.165) is 18.8 Å². The highest BCUT2D eigenvalue weighted by Gasteiger charge is 2.28. The van der Waals surface area contributed by atoms with Gasteiger partial charge in [0.15, 0.2) is 0 Å². The van der Waals surface area contributed by atoms with Gasteiger partial charge in [-0.15, -0.1) is 0 Å². The molecule has 26 heavy (non-hydrogen) atoms. The van der Waals surface area contributed by atoms with Crippen LogP contribution in [0.15, 0.2) is 73.2 Å². The Labute approximate surface area is 153 Å². The van der Waals surface area contributed by atoms with E-state index >= 15 is 0 Å². The van der Waals surface area contributed by atoms with Gasteiger partial charge in [-0.05, 0) is 49.7 Å². The summed E-state index contributed by atoms with van der Waals surface area (Å²) >= 11 is 0. The average Bonchev–Trinajstić information content (AvgIpc) is 3.45. The normalized spacial score (nSPS) is 16.3. The number of fused-ring (bicyclic) bond motifs is 1. The maximum Gasteiger partial charge on any atom is 0.0654 e. The molecule has 2 aromatic carbocycles. The van der Waals surface area contributed by atoms with E-state index in [2.05, 4.69) is 63.8 Å². The lowest BCUT2D eigenvalue weighted by atomic mass is 9.99. The number of hydrogen-bond acceptors (Lipinski definition) is 2. The molecule has 1 fully saturated rings. The molecule has 4 nitrogen and oxygen atoms in total. The number of H-pyrrole nitrogens is 1. The van der Waals surface area contributed by atoms with Crippen LogP contribution in [0.2, 0.25) is 0 Å². The zero-order chi connectivity index (χ0) is 17.3. The zero-order valence-electron chi connectivity index (χ0n) is 14.7. The van der Waals surface area contributed by atoms with Gasteiger partial charge in [0.2, 0.25) is 0 Å². The maximum atomic E-state index is 4.65. The minimum absolute atomic E-state index is 0.242. The number of aromatic amines is 1. The van der Waals surface area contributed by atoms with E-state index in [4.69, 9.17) is 0 Å². The number of benzene rings is 2. The van der Waals surface area contributed by atoms with Gasteiger partial charge < -0.3 is 4.98 Å². The van der Waals surface area contributed by atoms with E-state index in [1.165, 1.54) is 34.9 Å². The topological polar surface area (TPSA) is 36.9 Å². The Hall–Kier alpha value is -2.85. The molecular weight excluding hydrogens is 320 g/mol. The first-order valence-electron chi connectivity index (χ1n) is 9.30. The van der Waals surface area contributed by atoms with Crippen LogP contribution in [0.1, 0.15) is 30.0 Å². The Bertz CT molecular complexity index is 1010. The van der Waals surface area contributed by atoms with E-state index in [1.54, 1.807) is 0 Å². The lowest BCUT2D eigenvalue weighted by molar-refractivity contribution is 0.282. The summed E-state index contributed by atoms with van der Waals surface area (Å²) in [6.07, 6.45) is 8.92. The Morgan fingerprint density at radius 3 is 2.54 bits per heavy atom. The number of nitrogens with zero attached hydrogens (tertiary/aromatic N) is 3. The molecule has 0 bridgehead atoms. The average molecular weight is 342 g/mol. The quantitative estimate of drug-likeness (QED) is 0.591. The molecule has 0 spiro atoms. The number of aromatic nitrogens is 3. The van der Waals surface area contributed by atoms with Crippen LogP contribution < -0.4 is 0 Å². The van der Waals surface area contributed by atoms with Crippen LogP contribution >= 0.6 is 0 Å². The Morgan fingerprint density at radius 1 is 0.923 bits per heavy atom. The van der Waals surface area contributed by atoms with Crippen molar-refractivity contribution in [3.63, 3.8) is 0 Å². The van der Waals surface area contributed by atoms with Crippen LogP contribution in [-0.4, -0.2) is 32.8 Å². The summed E-state index contributed by atoms with van der Waals surface area (Å²) in [5.41, 5.74) is 4.88. The molecule has 0 radical (unpaired) electrons. The molecular formula is C22H22N4. The highest BCUT2D eigenvalue weighted by Crippen LogP contribution is 2.35. The summed E-state index contributed by atoms with van der Waals surface area (Å²) in [5.74, 6) is 0. The van der Waals surface area contributed by atoms with E-state index < -0.39 is 0 Å². The van der Waals surface area contributed by atoms with Gasteiger partial charge in [-0.25, -0.2) is 4.68 Å². The second-order valence-electron chi connectivity index (χ2n) is 6.99. The molecule has 0 aliphatic carbocycles. The van der Waals surface area contributed by atoms with Crippen molar-refractivity contribution < 1.29 is 0 Å². The highest BCUT2D eigenvalue weighted by molar-refractivity contribution is 5.84. The molecule has 1 saturated heterocycles. The maximum absolute atomic E-state index is 4.65. The first-order chi connectivity index (χ1) is 12.9. The van der Waals surface area contributed by atoms with Gasteiger partial charge >= 0.3 is 0 Å². The molecule has 4 aromatic rings. The molecule has 3 heterocycles. The third kappa shape index (κ3) is 2.63. The van der Waals surface area contributed by atoms with Crippen LogP contribution in [0.25, 0.3) is 16.6 Å². The Balaban J connectivity index is 1.60. The standard InChI is InChI=1S/C22H22N4/c1-2-8-18(9-3-1)26-16-17(14-24-26)22(25-12-6-7-13-25)20-15-23-21-11-5-4-10-19(20)21/h1-5,8-11,14-16,22-23H,6-7,12-13H2. The van der Waals surface area contributed by atoms with Gasteiger partial charge in [0.05, 0.1) is 17.9 Å². The van der Waals surface area contributed by atoms with Gasteiger partial charge in [0, 0.05) is 28.9 Å². The van der Waals surface area contributed by atoms with Gasteiger partial charge in [-0.2, -0.15) is 5.10 Å². The zero-order valence-corrected chi connectivity index (χ0v) is 14.7. The molecule has 2 aromatic heterocycles. The molecule has 1 aliphatic rings. The fraction of sp³-hybridized carbons (Fsp3) is 0.227. The molecule has 1 atom stereocenters. The molecule has 1 unspecified atom stereocenters. The van der Waals surface area contributed by atoms with Gasteiger partial charge in [-0.1, -0.05) is 36.4 Å². The summed E-state index contributed by atoms with van der Waals surface area (Å²) < 4.78 is 1.98. The summed E-state index contributed by atoms with van der Waals surface area (Å²) in [4.78, 5) is 6.03. The highest BCUT2D eigenvalue weighted by atomic mass is 15.3. The number of para-hydroxylation sites is 2. The SMILES string of the molecule is c1ccc(-n2cc(C(c3c[nH]c4ccccc34)N3CCCC3)cn2)cc1. The van der Waals surface area contributed by atoms with E-state index in [-0.39, 0.29) is 6.04 Å². The number of nitrogens with one attached hydrogen (secondary N) is 1. The third-order valence-corrected chi connectivity index (χ3v) is 5.36. The monoisotopic (exact) mass is 342 g/mol. The van der Waals surface area contributed by atoms with Crippen LogP contribution in [0, 0.1) is 0 Å². The van der Waals surface area contributed by atoms with Crippen molar-refractivity contribution in [3.8, 4) is 5.69 Å². The predicted molar refractivity (Wildman–Crippen MR) is 105 cm³/mol. The first kappa shape index (κ1) is 15.4. The molecule has 1 N–H and O–H groups in total. The third-order valence-electron chi connectivity index (χ3n) is 5.36. The smallest absolute Gasteiger partial charge is 0.0654 e. The van der Waals surface area contributed by atoms with Crippen molar-refractivity contribution in [2.45, 2.75) is 18.9 Å². The van der Waals surface area contributed by atoms with E-state index in [9.17, 15) is 0 Å². The van der Waals surface area contributed by atoms with Gasteiger partial charge in [0.1, 0.15) is 0 Å². The molecule has 130 valence electrons. The first-order valence-corrected chi connectivity index (χ1v) is 9.30. The lowest BCUT2D eigenvalue weighted by Crippen LogP contribution is -2.26. The number of hydrogen-bond donors (Lipinski definition) is 1. The minimum atomic E-state index is 0.242. The minimum Gasteiger partial charge on any atom is -0.361 e. The Kier molecular flexibility index (Phi) is 3.83. The lowest BCUT2D eigenvalue weighted by Gasteiger charge is -2.26. The van der Waals surface area contributed by atoms with E-state index in [1.807, 2.05) is 29.1 Å². The van der Waals surface area contributed by atoms with E-state index in [0.29, 0.717) is 0 Å². The summed E-state index contributed by atoms with van der Waals surface area (Å²) in [5, 5.41) is 5.95. The van der Waals surface area contributed by atoms with Crippen molar-refractivity contribution in [2.75, 3.05) is 13.1 Å². The number of likely N-dealkylation sites (tertiary alicyclic amines) is 1. The predicted octanol–water partition coefficient (Wildman–Crippen LogP) is 4.54. The van der Waals surface area contributed by atoms with Gasteiger partial charge in [-0.3, -0.25) is 4.90 Å². The van der Waals surface area contributed by atoms with Crippen LogP contribution in [0.3, 0.4) is 0 Å². The van der Waals surface area contributed by atoms with Crippen LogP contribution in [0.5, 0.6) is 0 Å². The van der Waals surface area contributed by atoms with Crippen molar-refractivity contribution in [1.29, 1.82) is 0 Å². The molecule has 4 heteroatoms. The largest absolute Gasteiger partial charge is 0.361 e. The van der Waals surface area contributed by atoms with Crippen molar-refractivity contribution in [2.24, 2.45) is 0 Å². The van der Waals surface area contributed by atoms with Crippen molar-refractivity contribution >= 4 is 10.9 Å². The van der Waals surface area contributed by atoms with Crippen LogP contribution in [0.4, 0.5) is 0 Å². The molecule has 0 saturated carbocycles. The Morgan fingerprint density at radius 2 is 1.69 bits per heavy atom. The summed E-state index contributed by atoms with van der Waals surface area (Å²) in [6.45, 7) is 2.28. The summed E-state index contributed by atoms with van der Waals surface area (Å²) in [6, 6.07) is 19.1. The van der Waals surface area contributed by atoms with Crippen molar-refractivity contribution in [3.05, 3.63) is 84.3 Å².